The molecule has 0 radical (unpaired) electrons. The quantitative estimate of drug-likeness (QED) is 0.664. The van der Waals surface area contributed by atoms with Gasteiger partial charge in [0.2, 0.25) is 0 Å². The first-order chi connectivity index (χ1) is 14.9. The van der Waals surface area contributed by atoms with E-state index in [0.29, 0.717) is 11.0 Å². The molecule has 0 saturated carbocycles. The van der Waals surface area contributed by atoms with Crippen LogP contribution >= 0.6 is 0 Å². The molecule has 0 spiro atoms. The van der Waals surface area contributed by atoms with Crippen molar-refractivity contribution < 1.29 is 14.6 Å². The molecule has 0 amide bonds. The van der Waals surface area contributed by atoms with E-state index in [4.69, 9.17) is 4.74 Å². The Morgan fingerprint density at radius 1 is 1.23 bits per heavy atom. The lowest BCUT2D eigenvalue weighted by atomic mass is 9.93. The van der Waals surface area contributed by atoms with Crippen molar-refractivity contribution in [2.24, 2.45) is 0 Å². The van der Waals surface area contributed by atoms with Crippen molar-refractivity contribution in [3.8, 4) is 5.75 Å². The number of likely N-dealkylation sites (N-methyl/N-ethyl adjacent to an activating group) is 1. The SMILES string of the molecule is Cc1cccc(OC2=CC3C(=C(c4cc5nccc(C(=O)O)c5[nH]4)N(C)N3C)CC2)c1. The summed E-state index contributed by atoms with van der Waals surface area (Å²) in [6.45, 7) is 2.06. The molecule has 3 aromatic rings. The molecule has 7 nitrogen and oxygen atoms in total. The van der Waals surface area contributed by atoms with E-state index in [-0.39, 0.29) is 11.6 Å². The predicted molar refractivity (Wildman–Crippen MR) is 118 cm³/mol. The summed E-state index contributed by atoms with van der Waals surface area (Å²) < 4.78 is 6.17. The van der Waals surface area contributed by atoms with Gasteiger partial charge in [0.1, 0.15) is 11.5 Å². The molecule has 1 aliphatic heterocycles. The number of allylic oxidation sites excluding steroid dienone is 1. The van der Waals surface area contributed by atoms with E-state index in [0.717, 1.165) is 35.7 Å². The van der Waals surface area contributed by atoms with Crippen molar-refractivity contribution >= 4 is 22.7 Å². The van der Waals surface area contributed by atoms with Crippen LogP contribution in [0, 0.1) is 6.92 Å². The molecule has 0 fully saturated rings. The lowest BCUT2D eigenvalue weighted by Gasteiger charge is -2.29. The fourth-order valence-electron chi connectivity index (χ4n) is 4.50. The summed E-state index contributed by atoms with van der Waals surface area (Å²) >= 11 is 0. The number of ether oxygens (including phenoxy) is 1. The molecule has 0 bridgehead atoms. The lowest BCUT2D eigenvalue weighted by Crippen LogP contribution is -2.37. The molecule has 5 rings (SSSR count). The Balaban J connectivity index is 1.52. The normalized spacial score (nSPS) is 19.0. The minimum Gasteiger partial charge on any atom is -0.478 e. The highest BCUT2D eigenvalue weighted by atomic mass is 16.5. The molecule has 0 saturated heterocycles. The van der Waals surface area contributed by atoms with E-state index in [1.807, 2.05) is 38.4 Å². The van der Waals surface area contributed by atoms with E-state index in [2.05, 4.69) is 39.1 Å². The van der Waals surface area contributed by atoms with E-state index in [9.17, 15) is 9.90 Å². The second kappa shape index (κ2) is 7.28. The van der Waals surface area contributed by atoms with Gasteiger partial charge in [-0.25, -0.2) is 9.80 Å². The Bertz CT molecular complexity index is 1260. The molecule has 2 N–H and O–H groups in total. The number of fused-ring (bicyclic) bond motifs is 2. The molecule has 31 heavy (non-hydrogen) atoms. The van der Waals surface area contributed by atoms with Gasteiger partial charge in [-0.1, -0.05) is 12.1 Å². The number of nitrogens with one attached hydrogen (secondary N) is 1. The largest absolute Gasteiger partial charge is 0.478 e. The summed E-state index contributed by atoms with van der Waals surface area (Å²) in [6.07, 6.45) is 5.38. The third-order valence-electron chi connectivity index (χ3n) is 6.09. The van der Waals surface area contributed by atoms with Gasteiger partial charge in [0.25, 0.3) is 0 Å². The number of pyridine rings is 1. The van der Waals surface area contributed by atoms with Crippen LogP contribution < -0.4 is 4.74 Å². The maximum absolute atomic E-state index is 11.6. The highest BCUT2D eigenvalue weighted by Gasteiger charge is 2.37. The molecule has 1 unspecified atom stereocenters. The van der Waals surface area contributed by atoms with Crippen molar-refractivity contribution in [3.05, 3.63) is 76.8 Å². The molecular weight excluding hydrogens is 392 g/mol. The van der Waals surface area contributed by atoms with Crippen LogP contribution in [0.3, 0.4) is 0 Å². The number of nitrogens with zero attached hydrogens (tertiary/aromatic N) is 3. The third kappa shape index (κ3) is 3.27. The first kappa shape index (κ1) is 19.4. The summed E-state index contributed by atoms with van der Waals surface area (Å²) in [5, 5.41) is 13.8. The van der Waals surface area contributed by atoms with Crippen LogP contribution in [0.5, 0.6) is 5.75 Å². The Labute approximate surface area is 180 Å². The average Bonchev–Trinajstić information content (AvgIpc) is 3.27. The van der Waals surface area contributed by atoms with Crippen molar-refractivity contribution in [3.63, 3.8) is 0 Å². The second-order valence-electron chi connectivity index (χ2n) is 8.07. The molecule has 158 valence electrons. The molecule has 3 heterocycles. The summed E-state index contributed by atoms with van der Waals surface area (Å²) in [5.41, 5.74) is 5.81. The number of carbonyl (C=O) groups is 1. The first-order valence-corrected chi connectivity index (χ1v) is 10.3. The number of aromatic carboxylic acids is 1. The van der Waals surface area contributed by atoms with Crippen LogP contribution in [0.4, 0.5) is 0 Å². The number of hydrogen-bond acceptors (Lipinski definition) is 5. The molecule has 2 aliphatic rings. The maximum atomic E-state index is 11.6. The first-order valence-electron chi connectivity index (χ1n) is 10.3. The number of aromatic amines is 1. The molecule has 1 aromatic carbocycles. The van der Waals surface area contributed by atoms with Gasteiger partial charge in [0, 0.05) is 26.7 Å². The summed E-state index contributed by atoms with van der Waals surface area (Å²) in [7, 11) is 4.07. The lowest BCUT2D eigenvalue weighted by molar-refractivity contribution is 0.0698. The Hall–Kier alpha value is -3.58. The van der Waals surface area contributed by atoms with Crippen molar-refractivity contribution in [2.75, 3.05) is 14.1 Å². The fourth-order valence-corrected chi connectivity index (χ4v) is 4.50. The number of hydrogen-bond donors (Lipinski definition) is 2. The number of carboxylic acids is 1. The minimum atomic E-state index is -0.966. The van der Waals surface area contributed by atoms with Gasteiger partial charge in [-0.05, 0) is 54.8 Å². The van der Waals surface area contributed by atoms with Crippen LogP contribution in [0.25, 0.3) is 16.7 Å². The van der Waals surface area contributed by atoms with Crippen molar-refractivity contribution in [1.29, 1.82) is 0 Å². The van der Waals surface area contributed by atoms with Gasteiger partial charge in [0.05, 0.1) is 34.0 Å². The number of hydrazine groups is 1. The maximum Gasteiger partial charge on any atom is 0.337 e. The van der Waals surface area contributed by atoms with Gasteiger partial charge in [0.15, 0.2) is 0 Å². The fraction of sp³-hybridized carbons (Fsp3) is 0.250. The number of H-pyrrole nitrogens is 1. The number of rotatable bonds is 4. The summed E-state index contributed by atoms with van der Waals surface area (Å²) in [6, 6.07) is 11.6. The van der Waals surface area contributed by atoms with Crippen LogP contribution in [0.1, 0.15) is 34.5 Å². The third-order valence-corrected chi connectivity index (χ3v) is 6.09. The van der Waals surface area contributed by atoms with Gasteiger partial charge < -0.3 is 19.8 Å². The monoisotopic (exact) mass is 416 g/mol. The molecule has 7 heteroatoms. The van der Waals surface area contributed by atoms with Gasteiger partial charge >= 0.3 is 5.97 Å². The predicted octanol–water partition coefficient (Wildman–Crippen LogP) is 4.20. The van der Waals surface area contributed by atoms with E-state index < -0.39 is 5.97 Å². The van der Waals surface area contributed by atoms with Crippen LogP contribution in [-0.2, 0) is 0 Å². The number of carboxylic acid groups (broad SMARTS) is 1. The average molecular weight is 416 g/mol. The van der Waals surface area contributed by atoms with E-state index in [1.165, 1.54) is 23.4 Å². The minimum absolute atomic E-state index is 0.0897. The second-order valence-corrected chi connectivity index (χ2v) is 8.07. The Morgan fingerprint density at radius 2 is 2.06 bits per heavy atom. The van der Waals surface area contributed by atoms with Crippen LogP contribution in [0.2, 0.25) is 0 Å². The van der Waals surface area contributed by atoms with Gasteiger partial charge in [-0.15, -0.1) is 0 Å². The standard InChI is InChI=1S/C24H24N4O3/c1-14-5-4-6-15(11-14)31-16-7-8-17-21(12-16)27(2)28(3)23(17)20-13-19-22(26-20)18(24(29)30)9-10-25-19/h4-6,9-13,21,26H,7-8H2,1-3H3,(H,29,30). The number of aromatic nitrogens is 2. The zero-order chi connectivity index (χ0) is 21.7. The highest BCUT2D eigenvalue weighted by molar-refractivity contribution is 6.01. The molecular formula is C24H24N4O3. The van der Waals surface area contributed by atoms with Crippen LogP contribution in [-0.4, -0.2) is 51.2 Å². The highest BCUT2D eigenvalue weighted by Crippen LogP contribution is 2.41. The Kier molecular flexibility index (Phi) is 4.55. The zero-order valence-electron chi connectivity index (χ0n) is 17.7. The summed E-state index contributed by atoms with van der Waals surface area (Å²) in [5.74, 6) is 0.856. The zero-order valence-corrected chi connectivity index (χ0v) is 17.7. The van der Waals surface area contributed by atoms with E-state index >= 15 is 0 Å². The number of benzene rings is 1. The van der Waals surface area contributed by atoms with Gasteiger partial charge in [-0.3, -0.25) is 4.98 Å². The number of aryl methyl sites for hydroxylation is 1. The van der Waals surface area contributed by atoms with Gasteiger partial charge in [-0.2, -0.15) is 0 Å². The molecule has 2 aromatic heterocycles. The van der Waals surface area contributed by atoms with Crippen molar-refractivity contribution in [1.82, 2.24) is 20.0 Å². The Morgan fingerprint density at radius 3 is 2.84 bits per heavy atom. The van der Waals surface area contributed by atoms with Crippen LogP contribution in [0.15, 0.2) is 60.0 Å². The topological polar surface area (TPSA) is 81.7 Å². The smallest absolute Gasteiger partial charge is 0.337 e. The van der Waals surface area contributed by atoms with E-state index in [1.54, 1.807) is 0 Å². The molecule has 1 atom stereocenters. The van der Waals surface area contributed by atoms with Crippen molar-refractivity contribution in [2.45, 2.75) is 25.8 Å². The molecule has 1 aliphatic carbocycles. The summed E-state index contributed by atoms with van der Waals surface area (Å²) in [4.78, 5) is 19.3.